The number of nitrogens with zero attached hydrogens (tertiary/aromatic N) is 3. The predicted molar refractivity (Wildman–Crippen MR) is 114 cm³/mol. The molecule has 2 heterocycles. The number of halogens is 3. The Morgan fingerprint density at radius 3 is 2.45 bits per heavy atom. The van der Waals surface area contributed by atoms with Gasteiger partial charge < -0.3 is 9.30 Å². The largest absolute Gasteiger partial charge is 0.462 e. The Hall–Kier alpha value is -2.28. The average Bonchev–Trinajstić information content (AvgIpc) is 3.08. The Bertz CT molecular complexity index is 1120. The normalized spacial score (nSPS) is 10.9. The van der Waals surface area contributed by atoms with Gasteiger partial charge in [-0.3, -0.25) is 4.79 Å². The molecule has 0 unspecified atom stereocenters. The van der Waals surface area contributed by atoms with Gasteiger partial charge >= 0.3 is 5.97 Å². The van der Waals surface area contributed by atoms with Gasteiger partial charge in [-0.2, -0.15) is 5.10 Å². The molecule has 0 N–H and O–H groups in total. The van der Waals surface area contributed by atoms with Crippen LogP contribution in [0.1, 0.15) is 29.9 Å². The maximum Gasteiger partial charge on any atom is 0.344 e. The Labute approximate surface area is 182 Å². The third kappa shape index (κ3) is 4.34. The fourth-order valence-electron chi connectivity index (χ4n) is 3.12. The van der Waals surface area contributed by atoms with E-state index in [1.807, 2.05) is 11.5 Å². The van der Waals surface area contributed by atoms with Gasteiger partial charge in [0.1, 0.15) is 10.7 Å². The quantitative estimate of drug-likeness (QED) is 0.496. The second-order valence-electron chi connectivity index (χ2n) is 6.13. The highest BCUT2D eigenvalue weighted by Gasteiger charge is 2.24. The number of hydrogen-bond donors (Lipinski definition) is 0. The molecule has 0 bridgehead atoms. The molecule has 0 aliphatic heterocycles. The van der Waals surface area contributed by atoms with Crippen LogP contribution in [-0.2, 0) is 17.8 Å². The van der Waals surface area contributed by atoms with Gasteiger partial charge in [0.25, 0.3) is 0 Å². The van der Waals surface area contributed by atoms with E-state index in [0.29, 0.717) is 38.7 Å². The van der Waals surface area contributed by atoms with Crippen molar-refractivity contribution < 1.29 is 9.53 Å². The van der Waals surface area contributed by atoms with E-state index in [1.165, 1.54) is 6.07 Å². The molecular weight excluding hydrogens is 437 g/mol. The Kier molecular flexibility index (Phi) is 6.67. The average molecular weight is 455 g/mol. The van der Waals surface area contributed by atoms with E-state index in [4.69, 9.17) is 39.5 Å². The van der Waals surface area contributed by atoms with Gasteiger partial charge in [-0.05, 0) is 32.0 Å². The molecule has 0 amide bonds. The summed E-state index contributed by atoms with van der Waals surface area (Å²) < 4.78 is 8.55. The lowest BCUT2D eigenvalue weighted by Crippen LogP contribution is -2.26. The maximum absolute atomic E-state index is 12.9. The van der Waals surface area contributed by atoms with Crippen molar-refractivity contribution in [3.05, 3.63) is 73.2 Å². The first-order chi connectivity index (χ1) is 13.9. The lowest BCUT2D eigenvalue weighted by Gasteiger charge is -2.21. The minimum Gasteiger partial charge on any atom is -0.462 e. The van der Waals surface area contributed by atoms with Gasteiger partial charge in [-0.1, -0.05) is 40.9 Å². The van der Waals surface area contributed by atoms with Crippen molar-refractivity contribution in [2.45, 2.75) is 26.9 Å². The highest BCUT2D eigenvalue weighted by atomic mass is 35.5. The zero-order valence-corrected chi connectivity index (χ0v) is 18.1. The van der Waals surface area contributed by atoms with E-state index >= 15 is 0 Å². The predicted octanol–water partition coefficient (Wildman–Crippen LogP) is 4.92. The highest BCUT2D eigenvalue weighted by molar-refractivity contribution is 6.42. The fourth-order valence-corrected chi connectivity index (χ4v) is 3.58. The van der Waals surface area contributed by atoms with Gasteiger partial charge in [0, 0.05) is 23.9 Å². The van der Waals surface area contributed by atoms with E-state index in [2.05, 4.69) is 5.10 Å². The van der Waals surface area contributed by atoms with Crippen molar-refractivity contribution in [3.63, 3.8) is 0 Å². The lowest BCUT2D eigenvalue weighted by atomic mass is 10.0. The molecule has 2 aromatic heterocycles. The number of pyridine rings is 1. The topological polar surface area (TPSA) is 66.1 Å². The number of benzene rings is 1. The van der Waals surface area contributed by atoms with Gasteiger partial charge in [0.15, 0.2) is 5.43 Å². The SMILES string of the molecule is CCOC(=O)c1c(-c2ccc(Cl)c(Cl)c2)n(CC)c(Cn2nccc2Cl)cc1=O. The molecule has 0 radical (unpaired) electrons. The van der Waals surface area contributed by atoms with Crippen molar-refractivity contribution in [2.24, 2.45) is 0 Å². The smallest absolute Gasteiger partial charge is 0.344 e. The fraction of sp³-hybridized carbons (Fsp3) is 0.250. The van der Waals surface area contributed by atoms with Crippen LogP contribution in [0.25, 0.3) is 11.3 Å². The first kappa shape index (κ1) is 21.4. The summed E-state index contributed by atoms with van der Waals surface area (Å²) in [6.07, 6.45) is 1.57. The second-order valence-corrected chi connectivity index (χ2v) is 7.33. The second kappa shape index (κ2) is 9.03. The lowest BCUT2D eigenvalue weighted by molar-refractivity contribution is 0.0525. The number of aromatic nitrogens is 3. The third-order valence-electron chi connectivity index (χ3n) is 4.36. The van der Waals surface area contributed by atoms with Gasteiger partial charge in [0.05, 0.1) is 35.1 Å². The van der Waals surface area contributed by atoms with Gasteiger partial charge in [0.2, 0.25) is 0 Å². The van der Waals surface area contributed by atoms with Crippen LogP contribution >= 0.6 is 34.8 Å². The Morgan fingerprint density at radius 1 is 1.10 bits per heavy atom. The molecule has 6 nitrogen and oxygen atoms in total. The Morgan fingerprint density at radius 2 is 1.86 bits per heavy atom. The number of hydrogen-bond acceptors (Lipinski definition) is 4. The summed E-state index contributed by atoms with van der Waals surface area (Å²) in [5.74, 6) is -0.690. The minimum atomic E-state index is -0.690. The van der Waals surface area contributed by atoms with Crippen LogP contribution in [0.15, 0.2) is 41.3 Å². The zero-order valence-electron chi connectivity index (χ0n) is 15.8. The van der Waals surface area contributed by atoms with Crippen molar-refractivity contribution in [3.8, 4) is 11.3 Å². The summed E-state index contributed by atoms with van der Waals surface area (Å²) in [5, 5.41) is 5.29. The van der Waals surface area contributed by atoms with Crippen molar-refractivity contribution in [1.82, 2.24) is 14.3 Å². The molecule has 0 aliphatic carbocycles. The summed E-state index contributed by atoms with van der Waals surface area (Å²) in [5.41, 5.74) is 1.12. The number of carbonyl (C=O) groups is 1. The summed E-state index contributed by atoms with van der Waals surface area (Å²) >= 11 is 18.4. The maximum atomic E-state index is 12.9. The summed E-state index contributed by atoms with van der Waals surface area (Å²) in [7, 11) is 0. The van der Waals surface area contributed by atoms with Crippen molar-refractivity contribution in [1.29, 1.82) is 0 Å². The van der Waals surface area contributed by atoms with Crippen LogP contribution in [0.2, 0.25) is 15.2 Å². The standard InChI is InChI=1S/C20H18Cl3N3O3/c1-3-25-13(11-26-17(23)7-8-24-26)10-16(27)18(20(28)29-4-2)19(25)12-5-6-14(21)15(22)9-12/h5-10H,3-4,11H2,1-2H3. The van der Waals surface area contributed by atoms with E-state index in [1.54, 1.807) is 42.1 Å². The minimum absolute atomic E-state index is 0.0533. The summed E-state index contributed by atoms with van der Waals surface area (Å²) in [6.45, 7) is 4.48. The molecule has 9 heteroatoms. The van der Waals surface area contributed by atoms with E-state index in [9.17, 15) is 9.59 Å². The van der Waals surface area contributed by atoms with E-state index in [-0.39, 0.29) is 18.7 Å². The van der Waals surface area contributed by atoms with E-state index < -0.39 is 11.4 Å². The number of carbonyl (C=O) groups excluding carboxylic acids is 1. The molecule has 152 valence electrons. The molecule has 0 fully saturated rings. The number of esters is 1. The monoisotopic (exact) mass is 453 g/mol. The van der Waals surface area contributed by atoms with Crippen LogP contribution < -0.4 is 5.43 Å². The van der Waals surface area contributed by atoms with Gasteiger partial charge in [-0.25, -0.2) is 9.48 Å². The number of ether oxygens (including phenoxy) is 1. The molecule has 0 saturated carbocycles. The molecule has 0 saturated heterocycles. The molecule has 1 aromatic carbocycles. The zero-order chi connectivity index (χ0) is 21.1. The van der Waals surface area contributed by atoms with Crippen LogP contribution in [-0.4, -0.2) is 26.9 Å². The molecule has 0 atom stereocenters. The molecule has 0 aliphatic rings. The third-order valence-corrected chi connectivity index (χ3v) is 5.42. The summed E-state index contributed by atoms with van der Waals surface area (Å²) in [6, 6.07) is 8.02. The molecule has 0 spiro atoms. The molecular formula is C20H18Cl3N3O3. The molecule has 29 heavy (non-hydrogen) atoms. The first-order valence-electron chi connectivity index (χ1n) is 8.93. The first-order valence-corrected chi connectivity index (χ1v) is 10.1. The Balaban J connectivity index is 2.30. The molecule has 3 rings (SSSR count). The van der Waals surface area contributed by atoms with Crippen LogP contribution in [0.3, 0.4) is 0 Å². The summed E-state index contributed by atoms with van der Waals surface area (Å²) in [4.78, 5) is 25.6. The molecule has 3 aromatic rings. The van der Waals surface area contributed by atoms with Crippen molar-refractivity contribution >= 4 is 40.8 Å². The van der Waals surface area contributed by atoms with E-state index in [0.717, 1.165) is 0 Å². The van der Waals surface area contributed by atoms with Crippen LogP contribution in [0, 0.1) is 0 Å². The van der Waals surface area contributed by atoms with Gasteiger partial charge in [-0.15, -0.1) is 0 Å². The number of rotatable bonds is 6. The van der Waals surface area contributed by atoms with Crippen LogP contribution in [0.4, 0.5) is 0 Å². The van der Waals surface area contributed by atoms with Crippen LogP contribution in [0.5, 0.6) is 0 Å². The van der Waals surface area contributed by atoms with Crippen molar-refractivity contribution in [2.75, 3.05) is 6.61 Å². The highest BCUT2D eigenvalue weighted by Crippen LogP contribution is 2.31.